The Labute approximate surface area is 109 Å². The van der Waals surface area contributed by atoms with Crippen molar-refractivity contribution < 1.29 is 19.0 Å². The van der Waals surface area contributed by atoms with Crippen molar-refractivity contribution in [2.24, 2.45) is 4.99 Å². The fraction of sp³-hybridized carbons (Fsp3) is 0.417. The lowest BCUT2D eigenvalue weighted by Gasteiger charge is -2.15. The van der Waals surface area contributed by atoms with E-state index in [1.54, 1.807) is 6.07 Å². The molecule has 0 aliphatic carbocycles. The smallest absolute Gasteiger partial charge is 0.235 e. The van der Waals surface area contributed by atoms with Crippen LogP contribution >= 0.6 is 11.6 Å². The van der Waals surface area contributed by atoms with Crippen LogP contribution in [0.4, 0.5) is 0 Å². The summed E-state index contributed by atoms with van der Waals surface area (Å²) in [5.74, 6) is 1.53. The van der Waals surface area contributed by atoms with Crippen LogP contribution in [0, 0.1) is 0 Å². The van der Waals surface area contributed by atoms with Gasteiger partial charge in [0.15, 0.2) is 11.5 Å². The van der Waals surface area contributed by atoms with Crippen molar-refractivity contribution in [1.82, 2.24) is 0 Å². The second-order valence-corrected chi connectivity index (χ2v) is 4.06. The summed E-state index contributed by atoms with van der Waals surface area (Å²) in [6, 6.07) is 1.65. The fourth-order valence-corrected chi connectivity index (χ4v) is 2.09. The van der Waals surface area contributed by atoms with Crippen molar-refractivity contribution in [1.29, 1.82) is 0 Å². The summed E-state index contributed by atoms with van der Waals surface area (Å²) in [5.41, 5.74) is 0.602. The van der Waals surface area contributed by atoms with Gasteiger partial charge in [-0.25, -0.2) is 9.79 Å². The van der Waals surface area contributed by atoms with E-state index < -0.39 is 0 Å². The van der Waals surface area contributed by atoms with E-state index in [1.807, 2.05) is 0 Å². The van der Waals surface area contributed by atoms with Crippen LogP contribution in [-0.4, -0.2) is 26.4 Å². The molecule has 18 heavy (non-hydrogen) atoms. The number of carbonyl (C=O) groups excluding carboxylic acids is 1. The van der Waals surface area contributed by atoms with Crippen LogP contribution in [0.1, 0.15) is 12.0 Å². The third kappa shape index (κ3) is 2.42. The van der Waals surface area contributed by atoms with Crippen molar-refractivity contribution in [2.45, 2.75) is 13.0 Å². The van der Waals surface area contributed by atoms with Crippen molar-refractivity contribution in [3.05, 3.63) is 16.7 Å². The van der Waals surface area contributed by atoms with E-state index in [2.05, 4.69) is 4.99 Å². The van der Waals surface area contributed by atoms with E-state index in [0.29, 0.717) is 41.0 Å². The normalized spacial score (nSPS) is 13.4. The summed E-state index contributed by atoms with van der Waals surface area (Å²) in [4.78, 5) is 13.8. The molecule has 1 aliphatic heterocycles. The predicted molar refractivity (Wildman–Crippen MR) is 65.4 cm³/mol. The molecule has 0 bridgehead atoms. The molecular formula is C12H12ClNO4. The minimum absolute atomic E-state index is 0.0962. The SMILES string of the molecule is COc1c(Cl)cc2c(c1CN=C=O)OCCCO2. The number of fused-ring (bicyclic) bond motifs is 1. The minimum atomic E-state index is 0.0962. The molecule has 5 nitrogen and oxygen atoms in total. The standard InChI is InChI=1S/C12H12ClNO4/c1-16-11-8(6-14-7-15)12-10(5-9(11)13)17-3-2-4-18-12/h5H,2-4,6H2,1H3. The molecule has 0 N–H and O–H groups in total. The van der Waals surface area contributed by atoms with Gasteiger partial charge < -0.3 is 14.2 Å². The van der Waals surface area contributed by atoms with Crippen LogP contribution in [0.25, 0.3) is 0 Å². The van der Waals surface area contributed by atoms with Gasteiger partial charge in [0.05, 0.1) is 37.5 Å². The van der Waals surface area contributed by atoms with E-state index in [4.69, 9.17) is 25.8 Å². The number of halogens is 1. The molecular weight excluding hydrogens is 258 g/mol. The van der Waals surface area contributed by atoms with Gasteiger partial charge in [-0.1, -0.05) is 11.6 Å². The van der Waals surface area contributed by atoms with E-state index in [1.165, 1.54) is 13.2 Å². The molecule has 0 unspecified atom stereocenters. The number of benzene rings is 1. The Bertz CT molecular complexity index is 497. The predicted octanol–water partition coefficient (Wildman–Crippen LogP) is 2.35. The van der Waals surface area contributed by atoms with Crippen LogP contribution in [0.5, 0.6) is 17.2 Å². The Kier molecular flexibility index (Phi) is 4.07. The van der Waals surface area contributed by atoms with Crippen molar-refractivity contribution in [2.75, 3.05) is 20.3 Å². The largest absolute Gasteiger partial charge is 0.495 e. The molecule has 0 spiro atoms. The van der Waals surface area contributed by atoms with Crippen LogP contribution in [0.2, 0.25) is 5.02 Å². The third-order valence-corrected chi connectivity index (χ3v) is 2.83. The van der Waals surface area contributed by atoms with Gasteiger partial charge >= 0.3 is 0 Å². The molecule has 1 aromatic rings. The van der Waals surface area contributed by atoms with Gasteiger partial charge in [0.1, 0.15) is 5.75 Å². The number of methoxy groups -OCH3 is 1. The van der Waals surface area contributed by atoms with E-state index in [9.17, 15) is 4.79 Å². The Morgan fingerprint density at radius 2 is 2.28 bits per heavy atom. The number of hydrogen-bond donors (Lipinski definition) is 0. The molecule has 96 valence electrons. The van der Waals surface area contributed by atoms with Gasteiger partial charge in [0.2, 0.25) is 6.08 Å². The second-order valence-electron chi connectivity index (χ2n) is 3.66. The molecule has 0 aromatic heterocycles. The Balaban J connectivity index is 2.56. The lowest BCUT2D eigenvalue weighted by Crippen LogP contribution is -2.00. The molecule has 0 saturated carbocycles. The second kappa shape index (κ2) is 5.76. The van der Waals surface area contributed by atoms with E-state index in [-0.39, 0.29) is 6.54 Å². The van der Waals surface area contributed by atoms with Crippen LogP contribution in [-0.2, 0) is 11.3 Å². The number of isocyanates is 1. The summed E-state index contributed by atoms with van der Waals surface area (Å²) in [6.45, 7) is 1.20. The highest BCUT2D eigenvalue weighted by atomic mass is 35.5. The van der Waals surface area contributed by atoms with Crippen molar-refractivity contribution >= 4 is 17.7 Å². The first-order chi connectivity index (χ1) is 8.77. The molecule has 0 saturated heterocycles. The highest BCUT2D eigenvalue weighted by Crippen LogP contribution is 2.44. The first kappa shape index (κ1) is 12.7. The molecule has 1 aromatic carbocycles. The average molecular weight is 270 g/mol. The van der Waals surface area contributed by atoms with Gasteiger partial charge in [-0.2, -0.15) is 0 Å². The highest BCUT2D eigenvalue weighted by molar-refractivity contribution is 6.32. The quantitative estimate of drug-likeness (QED) is 0.624. The molecule has 0 fully saturated rings. The lowest BCUT2D eigenvalue weighted by molar-refractivity contribution is 0.295. The maximum Gasteiger partial charge on any atom is 0.235 e. The Hall–Kier alpha value is -1.71. The van der Waals surface area contributed by atoms with E-state index in [0.717, 1.165) is 6.42 Å². The van der Waals surface area contributed by atoms with Gasteiger partial charge in [0, 0.05) is 12.5 Å². The zero-order valence-electron chi connectivity index (χ0n) is 9.86. The molecule has 0 amide bonds. The van der Waals surface area contributed by atoms with Crippen LogP contribution in [0.3, 0.4) is 0 Å². The molecule has 0 atom stereocenters. The minimum Gasteiger partial charge on any atom is -0.495 e. The summed E-state index contributed by atoms with van der Waals surface area (Å²) in [5, 5.41) is 0.401. The van der Waals surface area contributed by atoms with Crippen molar-refractivity contribution in [3.63, 3.8) is 0 Å². The first-order valence-corrected chi connectivity index (χ1v) is 5.84. The number of aliphatic imine (C=N–C) groups is 1. The third-order valence-electron chi connectivity index (χ3n) is 2.55. The van der Waals surface area contributed by atoms with Crippen LogP contribution in [0.15, 0.2) is 11.1 Å². The molecule has 2 rings (SSSR count). The highest BCUT2D eigenvalue weighted by Gasteiger charge is 2.22. The van der Waals surface area contributed by atoms with Gasteiger partial charge in [-0.15, -0.1) is 0 Å². The first-order valence-electron chi connectivity index (χ1n) is 5.46. The van der Waals surface area contributed by atoms with E-state index >= 15 is 0 Å². The topological polar surface area (TPSA) is 57.1 Å². The van der Waals surface area contributed by atoms with Gasteiger partial charge in [-0.05, 0) is 0 Å². The molecule has 1 heterocycles. The Morgan fingerprint density at radius 1 is 1.50 bits per heavy atom. The zero-order chi connectivity index (χ0) is 13.0. The number of hydrogen-bond acceptors (Lipinski definition) is 5. The maximum atomic E-state index is 10.3. The monoisotopic (exact) mass is 269 g/mol. The van der Waals surface area contributed by atoms with Gasteiger partial charge in [-0.3, -0.25) is 0 Å². The molecule has 1 aliphatic rings. The number of nitrogens with zero attached hydrogens (tertiary/aromatic N) is 1. The lowest BCUT2D eigenvalue weighted by atomic mass is 10.1. The Morgan fingerprint density at radius 3 is 3.00 bits per heavy atom. The molecule has 0 radical (unpaired) electrons. The fourth-order valence-electron chi connectivity index (χ4n) is 1.80. The molecule has 6 heteroatoms. The maximum absolute atomic E-state index is 10.3. The van der Waals surface area contributed by atoms with Crippen LogP contribution < -0.4 is 14.2 Å². The summed E-state index contributed by atoms with van der Waals surface area (Å²) < 4.78 is 16.4. The summed E-state index contributed by atoms with van der Waals surface area (Å²) in [6.07, 6.45) is 2.27. The number of rotatable bonds is 3. The van der Waals surface area contributed by atoms with Crippen molar-refractivity contribution in [3.8, 4) is 17.2 Å². The summed E-state index contributed by atoms with van der Waals surface area (Å²) in [7, 11) is 1.50. The van der Waals surface area contributed by atoms with Gasteiger partial charge in [0.25, 0.3) is 0 Å². The number of ether oxygens (including phenoxy) is 3. The summed E-state index contributed by atoms with van der Waals surface area (Å²) >= 11 is 6.10. The zero-order valence-corrected chi connectivity index (χ0v) is 10.6. The average Bonchev–Trinajstić information content (AvgIpc) is 2.60.